The van der Waals surface area contributed by atoms with Gasteiger partial charge in [-0.1, -0.05) is 35.5 Å². The monoisotopic (exact) mass is 211 g/mol. The first-order valence-corrected chi connectivity index (χ1v) is 4.34. The van der Waals surface area contributed by atoms with E-state index in [0.29, 0.717) is 10.6 Å². The quantitative estimate of drug-likeness (QED) is 0.614. The molecule has 1 N–H and O–H groups in total. The summed E-state index contributed by atoms with van der Waals surface area (Å²) in [7, 11) is 0. The second-order valence-corrected chi connectivity index (χ2v) is 3.12. The number of hydrogen-bond donors (Lipinski definition) is 1. The molecule has 3 nitrogen and oxygen atoms in total. The maximum Gasteiger partial charge on any atom is 0.152 e. The van der Waals surface area contributed by atoms with Crippen LogP contribution in [-0.2, 0) is 4.84 Å². The van der Waals surface area contributed by atoms with Crippen LogP contribution in [0.25, 0.3) is 0 Å². The highest BCUT2D eigenvalue weighted by Crippen LogP contribution is 2.12. The fraction of sp³-hybridized carbons (Fsp3) is 0.100. The third-order valence-corrected chi connectivity index (χ3v) is 1.53. The van der Waals surface area contributed by atoms with Crippen molar-refractivity contribution in [1.82, 2.24) is 0 Å². The van der Waals surface area contributed by atoms with E-state index in [2.05, 4.69) is 11.7 Å². The van der Waals surface area contributed by atoms with Crippen LogP contribution in [0.1, 0.15) is 5.56 Å². The standard InChI is InChI=1S/C10H10ClNO2/c1-8(11)7-14-12-6-9-4-2-3-5-10(9)13/h2-6,13H,1,7H2/b12-6+. The minimum atomic E-state index is 0.157. The summed E-state index contributed by atoms with van der Waals surface area (Å²) in [5.41, 5.74) is 0.590. The Morgan fingerprint density at radius 1 is 1.57 bits per heavy atom. The van der Waals surface area contributed by atoms with Gasteiger partial charge in [0, 0.05) is 5.56 Å². The number of phenolic OH excluding ortho intramolecular Hbond substituents is 1. The SMILES string of the molecule is C=C(Cl)CO/N=C/c1ccccc1O. The molecule has 0 aliphatic rings. The minimum absolute atomic E-state index is 0.157. The smallest absolute Gasteiger partial charge is 0.152 e. The molecule has 0 radical (unpaired) electrons. The van der Waals surface area contributed by atoms with Gasteiger partial charge in [0.15, 0.2) is 6.61 Å². The lowest BCUT2D eigenvalue weighted by Gasteiger charge is -1.97. The lowest BCUT2D eigenvalue weighted by Crippen LogP contribution is -1.88. The molecule has 0 bridgehead atoms. The number of rotatable bonds is 4. The van der Waals surface area contributed by atoms with Crippen LogP contribution in [0.5, 0.6) is 5.75 Å². The van der Waals surface area contributed by atoms with Crippen molar-refractivity contribution >= 4 is 17.8 Å². The van der Waals surface area contributed by atoms with E-state index < -0.39 is 0 Å². The lowest BCUT2D eigenvalue weighted by molar-refractivity contribution is 0.174. The van der Waals surface area contributed by atoms with E-state index in [4.69, 9.17) is 16.4 Å². The summed E-state index contributed by atoms with van der Waals surface area (Å²) >= 11 is 5.45. The van der Waals surface area contributed by atoms with Gasteiger partial charge >= 0.3 is 0 Å². The van der Waals surface area contributed by atoms with E-state index in [9.17, 15) is 5.11 Å². The Balaban J connectivity index is 2.52. The minimum Gasteiger partial charge on any atom is -0.507 e. The van der Waals surface area contributed by atoms with E-state index >= 15 is 0 Å². The van der Waals surface area contributed by atoms with Gasteiger partial charge in [0.2, 0.25) is 0 Å². The first kappa shape index (κ1) is 10.6. The Kier molecular flexibility index (Phi) is 4.01. The Labute approximate surface area is 87.3 Å². The zero-order valence-electron chi connectivity index (χ0n) is 7.48. The highest BCUT2D eigenvalue weighted by molar-refractivity contribution is 6.29. The number of oxime groups is 1. The van der Waals surface area contributed by atoms with Gasteiger partial charge in [-0.05, 0) is 12.1 Å². The molecule has 1 aromatic carbocycles. The Hall–Kier alpha value is -1.48. The van der Waals surface area contributed by atoms with E-state index in [1.54, 1.807) is 24.3 Å². The Morgan fingerprint density at radius 3 is 2.93 bits per heavy atom. The molecule has 0 amide bonds. The molecule has 0 saturated heterocycles. The van der Waals surface area contributed by atoms with E-state index in [1.165, 1.54) is 6.21 Å². The summed E-state index contributed by atoms with van der Waals surface area (Å²) in [6.45, 7) is 3.59. The zero-order valence-corrected chi connectivity index (χ0v) is 8.24. The predicted octanol–water partition coefficient (Wildman–Crippen LogP) is 2.50. The van der Waals surface area contributed by atoms with Gasteiger partial charge in [0.05, 0.1) is 11.2 Å². The average Bonchev–Trinajstić information content (AvgIpc) is 2.15. The molecule has 0 aliphatic carbocycles. The molecule has 0 fully saturated rings. The van der Waals surface area contributed by atoms with Crippen molar-refractivity contribution in [2.75, 3.05) is 6.61 Å². The Bertz CT molecular complexity index is 350. The molecule has 0 spiro atoms. The molecule has 0 heterocycles. The molecular weight excluding hydrogens is 202 g/mol. The van der Waals surface area contributed by atoms with Crippen LogP contribution >= 0.6 is 11.6 Å². The third-order valence-electron chi connectivity index (χ3n) is 1.42. The molecule has 14 heavy (non-hydrogen) atoms. The second kappa shape index (κ2) is 5.29. The van der Waals surface area contributed by atoms with Gasteiger partial charge in [-0.2, -0.15) is 0 Å². The summed E-state index contributed by atoms with van der Waals surface area (Å²) in [4.78, 5) is 4.78. The predicted molar refractivity (Wildman–Crippen MR) is 56.6 cm³/mol. The second-order valence-electron chi connectivity index (χ2n) is 2.58. The molecule has 1 aromatic rings. The number of para-hydroxylation sites is 1. The van der Waals surface area contributed by atoms with Crippen LogP contribution in [-0.4, -0.2) is 17.9 Å². The number of nitrogens with zero attached hydrogens (tertiary/aromatic N) is 1. The molecule has 0 unspecified atom stereocenters. The number of benzene rings is 1. The van der Waals surface area contributed by atoms with Crippen LogP contribution in [0.15, 0.2) is 41.0 Å². The maximum atomic E-state index is 9.33. The van der Waals surface area contributed by atoms with Crippen molar-refractivity contribution in [1.29, 1.82) is 0 Å². The largest absolute Gasteiger partial charge is 0.507 e. The fourth-order valence-corrected chi connectivity index (χ4v) is 0.847. The topological polar surface area (TPSA) is 41.8 Å². The number of hydrogen-bond acceptors (Lipinski definition) is 3. The van der Waals surface area contributed by atoms with Gasteiger partial charge in [-0.25, -0.2) is 0 Å². The number of halogens is 1. The number of phenols is 1. The third kappa shape index (κ3) is 3.49. The zero-order chi connectivity index (χ0) is 10.4. The molecule has 4 heteroatoms. The first-order chi connectivity index (χ1) is 6.70. The summed E-state index contributed by atoms with van der Waals surface area (Å²) in [5, 5.41) is 13.3. The van der Waals surface area contributed by atoms with Gasteiger partial charge in [0.1, 0.15) is 5.75 Å². The molecule has 0 aliphatic heterocycles. The van der Waals surface area contributed by atoms with Crippen molar-refractivity contribution in [3.05, 3.63) is 41.4 Å². The van der Waals surface area contributed by atoms with Crippen LogP contribution in [0, 0.1) is 0 Å². The molecule has 0 aromatic heterocycles. The van der Waals surface area contributed by atoms with Gasteiger partial charge in [-0.3, -0.25) is 0 Å². The normalized spacial score (nSPS) is 10.4. The lowest BCUT2D eigenvalue weighted by atomic mass is 10.2. The molecule has 1 rings (SSSR count). The number of aromatic hydroxyl groups is 1. The van der Waals surface area contributed by atoms with Crippen molar-refractivity contribution < 1.29 is 9.94 Å². The maximum absolute atomic E-state index is 9.33. The van der Waals surface area contributed by atoms with Gasteiger partial charge < -0.3 is 9.94 Å². The molecule has 0 saturated carbocycles. The van der Waals surface area contributed by atoms with Crippen LogP contribution in [0.3, 0.4) is 0 Å². The summed E-state index contributed by atoms with van der Waals surface area (Å²) in [5.74, 6) is 0.157. The van der Waals surface area contributed by atoms with E-state index in [0.717, 1.165) is 0 Å². The Morgan fingerprint density at radius 2 is 2.29 bits per heavy atom. The summed E-state index contributed by atoms with van der Waals surface area (Å²) in [6, 6.07) is 6.81. The summed E-state index contributed by atoms with van der Waals surface area (Å²) in [6.07, 6.45) is 1.41. The van der Waals surface area contributed by atoms with Crippen molar-refractivity contribution in [2.45, 2.75) is 0 Å². The van der Waals surface area contributed by atoms with Gasteiger partial charge in [-0.15, -0.1) is 0 Å². The van der Waals surface area contributed by atoms with E-state index in [-0.39, 0.29) is 12.4 Å². The van der Waals surface area contributed by atoms with Crippen molar-refractivity contribution in [3.8, 4) is 5.75 Å². The van der Waals surface area contributed by atoms with Crippen molar-refractivity contribution in [2.24, 2.45) is 5.16 Å². The molecule has 74 valence electrons. The summed E-state index contributed by atoms with van der Waals surface area (Å²) < 4.78 is 0. The van der Waals surface area contributed by atoms with Crippen LogP contribution in [0.4, 0.5) is 0 Å². The average molecular weight is 212 g/mol. The van der Waals surface area contributed by atoms with Crippen LogP contribution in [0.2, 0.25) is 0 Å². The first-order valence-electron chi connectivity index (χ1n) is 3.97. The molecule has 0 atom stereocenters. The van der Waals surface area contributed by atoms with E-state index in [1.807, 2.05) is 0 Å². The van der Waals surface area contributed by atoms with Crippen molar-refractivity contribution in [3.63, 3.8) is 0 Å². The van der Waals surface area contributed by atoms with Gasteiger partial charge in [0.25, 0.3) is 0 Å². The fourth-order valence-electron chi connectivity index (χ4n) is 0.798. The van der Waals surface area contributed by atoms with Crippen LogP contribution < -0.4 is 0 Å². The highest BCUT2D eigenvalue weighted by atomic mass is 35.5. The molecular formula is C10H10ClNO2. The highest BCUT2D eigenvalue weighted by Gasteiger charge is 1.94.